The SMILES string of the molecule is Nc1nonc1-n1nnc(C(=O)N/N=C\c2ccc([N+](=O)[O-])cc2)c1-c1ccc2c(c1)OCO2. The van der Waals surface area contributed by atoms with Gasteiger partial charge in [-0.1, -0.05) is 5.21 Å². The summed E-state index contributed by atoms with van der Waals surface area (Å²) in [5.41, 5.74) is 9.26. The summed E-state index contributed by atoms with van der Waals surface area (Å²) in [5, 5.41) is 29.8. The van der Waals surface area contributed by atoms with Crippen LogP contribution >= 0.6 is 0 Å². The molecule has 3 N–H and O–H groups in total. The van der Waals surface area contributed by atoms with Crippen LogP contribution in [0.1, 0.15) is 16.1 Å². The molecule has 0 spiro atoms. The van der Waals surface area contributed by atoms with Crippen molar-refractivity contribution in [3.8, 4) is 28.6 Å². The zero-order valence-electron chi connectivity index (χ0n) is 17.0. The number of carbonyl (C=O) groups is 1. The van der Waals surface area contributed by atoms with Crippen LogP contribution in [0.5, 0.6) is 11.5 Å². The molecule has 0 atom stereocenters. The van der Waals surface area contributed by atoms with E-state index < -0.39 is 10.8 Å². The molecule has 0 fully saturated rings. The standard InChI is InChI=1S/C19H13N9O6/c20-17-18(25-34-24-17)27-16(11-3-6-13-14(7-11)33-9-32-13)15(22-26-27)19(29)23-21-8-10-1-4-12(5-2-10)28(30)31/h1-8H,9H2,(H2,20,24)(H,23,29)/b21-8-. The summed E-state index contributed by atoms with van der Waals surface area (Å²) in [5.74, 6) is 0.305. The molecule has 1 amide bonds. The lowest BCUT2D eigenvalue weighted by atomic mass is 10.1. The predicted molar refractivity (Wildman–Crippen MR) is 113 cm³/mol. The number of fused-ring (bicyclic) bond motifs is 1. The number of carbonyl (C=O) groups excluding carboxylic acids is 1. The Balaban J connectivity index is 1.46. The van der Waals surface area contributed by atoms with Gasteiger partial charge >= 0.3 is 0 Å². The Morgan fingerprint density at radius 1 is 1.18 bits per heavy atom. The number of nitrogen functional groups attached to an aromatic ring is 1. The number of anilines is 1. The van der Waals surface area contributed by atoms with Gasteiger partial charge in [0.25, 0.3) is 11.6 Å². The van der Waals surface area contributed by atoms with Gasteiger partial charge in [0.2, 0.25) is 18.4 Å². The Labute approximate surface area is 188 Å². The van der Waals surface area contributed by atoms with Crippen LogP contribution in [0.15, 0.2) is 52.2 Å². The fourth-order valence-corrected chi connectivity index (χ4v) is 3.12. The number of aromatic nitrogens is 5. The maximum absolute atomic E-state index is 12.9. The second kappa shape index (κ2) is 8.30. The average Bonchev–Trinajstić information content (AvgIpc) is 3.57. The molecule has 0 bridgehead atoms. The number of nitrogens with zero attached hydrogens (tertiary/aromatic N) is 7. The van der Waals surface area contributed by atoms with E-state index in [-0.39, 0.29) is 35.5 Å². The fourth-order valence-electron chi connectivity index (χ4n) is 3.12. The number of ether oxygens (including phenoxy) is 2. The van der Waals surface area contributed by atoms with E-state index in [1.54, 1.807) is 18.2 Å². The van der Waals surface area contributed by atoms with Crippen molar-refractivity contribution in [2.75, 3.05) is 12.5 Å². The summed E-state index contributed by atoms with van der Waals surface area (Å²) < 4.78 is 16.6. The summed E-state index contributed by atoms with van der Waals surface area (Å²) in [7, 11) is 0. The van der Waals surface area contributed by atoms with Gasteiger partial charge in [0.05, 0.1) is 11.1 Å². The Hall–Kier alpha value is -5.34. The number of nitrogens with one attached hydrogen (secondary N) is 1. The van der Waals surface area contributed by atoms with Crippen molar-refractivity contribution < 1.29 is 23.8 Å². The second-order valence-electron chi connectivity index (χ2n) is 6.79. The topological polar surface area (TPSA) is 199 Å². The van der Waals surface area contributed by atoms with Gasteiger partial charge < -0.3 is 15.2 Å². The van der Waals surface area contributed by atoms with Gasteiger partial charge in [0, 0.05) is 17.7 Å². The van der Waals surface area contributed by atoms with Crippen molar-refractivity contribution in [3.63, 3.8) is 0 Å². The Kier molecular flexibility index (Phi) is 5.02. The summed E-state index contributed by atoms with van der Waals surface area (Å²) in [4.78, 5) is 23.1. The lowest BCUT2D eigenvalue weighted by Gasteiger charge is -2.07. The number of nitrogens with two attached hydrogens (primary N) is 1. The molecule has 0 unspecified atom stereocenters. The van der Waals surface area contributed by atoms with E-state index in [2.05, 4.69) is 35.8 Å². The Morgan fingerprint density at radius 2 is 1.97 bits per heavy atom. The minimum atomic E-state index is -0.688. The van der Waals surface area contributed by atoms with Crippen molar-refractivity contribution >= 4 is 23.6 Å². The second-order valence-corrected chi connectivity index (χ2v) is 6.79. The molecular formula is C19H13N9O6. The smallest absolute Gasteiger partial charge is 0.294 e. The van der Waals surface area contributed by atoms with Crippen LogP contribution in [0.2, 0.25) is 0 Å². The van der Waals surface area contributed by atoms with Crippen molar-refractivity contribution in [1.82, 2.24) is 30.7 Å². The molecule has 0 saturated heterocycles. The molecule has 0 saturated carbocycles. The first-order chi connectivity index (χ1) is 16.5. The van der Waals surface area contributed by atoms with E-state index in [1.807, 2.05) is 0 Å². The number of hydrazone groups is 1. The summed E-state index contributed by atoms with van der Waals surface area (Å²) in [6.45, 7) is 0.0706. The normalized spacial score (nSPS) is 12.2. The van der Waals surface area contributed by atoms with Gasteiger partial charge in [0.15, 0.2) is 17.2 Å². The van der Waals surface area contributed by atoms with E-state index in [9.17, 15) is 14.9 Å². The van der Waals surface area contributed by atoms with E-state index in [4.69, 9.17) is 15.2 Å². The lowest BCUT2D eigenvalue weighted by molar-refractivity contribution is -0.384. The summed E-state index contributed by atoms with van der Waals surface area (Å²) in [6.07, 6.45) is 1.33. The number of rotatable bonds is 6. The van der Waals surface area contributed by atoms with E-state index in [0.29, 0.717) is 22.6 Å². The molecule has 0 aliphatic carbocycles. The van der Waals surface area contributed by atoms with Crippen molar-refractivity contribution in [3.05, 3.63) is 63.8 Å². The van der Waals surface area contributed by atoms with Crippen LogP contribution in [-0.2, 0) is 0 Å². The summed E-state index contributed by atoms with van der Waals surface area (Å²) in [6, 6.07) is 10.6. The van der Waals surface area contributed by atoms with Crippen molar-refractivity contribution in [2.45, 2.75) is 0 Å². The third-order valence-corrected chi connectivity index (χ3v) is 4.71. The molecule has 5 rings (SSSR count). The molecule has 15 nitrogen and oxygen atoms in total. The van der Waals surface area contributed by atoms with Gasteiger partial charge in [-0.15, -0.1) is 5.10 Å². The first-order valence-electron chi connectivity index (χ1n) is 9.53. The minimum Gasteiger partial charge on any atom is -0.454 e. The van der Waals surface area contributed by atoms with Gasteiger partial charge in [-0.2, -0.15) is 9.78 Å². The first-order valence-corrected chi connectivity index (χ1v) is 9.53. The highest BCUT2D eigenvalue weighted by atomic mass is 16.7. The Morgan fingerprint density at radius 3 is 2.71 bits per heavy atom. The number of nitro groups is 1. The van der Waals surface area contributed by atoms with Crippen LogP contribution in [0, 0.1) is 10.1 Å². The molecule has 3 heterocycles. The number of amides is 1. The molecule has 15 heteroatoms. The van der Waals surface area contributed by atoms with E-state index in [1.165, 1.54) is 35.2 Å². The Bertz CT molecular complexity index is 1430. The monoisotopic (exact) mass is 463 g/mol. The number of hydrogen-bond acceptors (Lipinski definition) is 12. The highest BCUT2D eigenvalue weighted by Crippen LogP contribution is 2.37. The molecule has 34 heavy (non-hydrogen) atoms. The van der Waals surface area contributed by atoms with Gasteiger partial charge in [0.1, 0.15) is 5.69 Å². The number of non-ortho nitro benzene ring substituents is 1. The van der Waals surface area contributed by atoms with E-state index >= 15 is 0 Å². The molecule has 2 aromatic carbocycles. The fraction of sp³-hybridized carbons (Fsp3) is 0.0526. The molecule has 0 radical (unpaired) electrons. The van der Waals surface area contributed by atoms with Crippen LogP contribution in [0.3, 0.4) is 0 Å². The minimum absolute atomic E-state index is 0.0357. The zero-order valence-corrected chi connectivity index (χ0v) is 17.0. The first kappa shape index (κ1) is 20.6. The predicted octanol–water partition coefficient (Wildman–Crippen LogP) is 1.30. The van der Waals surface area contributed by atoms with Gasteiger partial charge in [-0.3, -0.25) is 14.9 Å². The van der Waals surface area contributed by atoms with Gasteiger partial charge in [-0.25, -0.2) is 10.1 Å². The van der Waals surface area contributed by atoms with Crippen LogP contribution in [0.4, 0.5) is 11.5 Å². The lowest BCUT2D eigenvalue weighted by Crippen LogP contribution is -2.19. The van der Waals surface area contributed by atoms with Crippen molar-refractivity contribution in [2.24, 2.45) is 5.10 Å². The maximum atomic E-state index is 12.9. The quantitative estimate of drug-likeness (QED) is 0.237. The molecule has 4 aromatic rings. The molecule has 1 aliphatic rings. The van der Waals surface area contributed by atoms with Crippen LogP contribution < -0.4 is 20.6 Å². The molecular weight excluding hydrogens is 450 g/mol. The molecule has 1 aliphatic heterocycles. The third kappa shape index (κ3) is 3.72. The highest BCUT2D eigenvalue weighted by molar-refractivity contribution is 5.99. The highest BCUT2D eigenvalue weighted by Gasteiger charge is 2.26. The van der Waals surface area contributed by atoms with Gasteiger partial charge in [-0.05, 0) is 46.2 Å². The number of hydrogen-bond donors (Lipinski definition) is 2. The largest absolute Gasteiger partial charge is 0.454 e. The zero-order chi connectivity index (χ0) is 23.7. The number of nitro benzene ring substituents is 1. The summed E-state index contributed by atoms with van der Waals surface area (Å²) >= 11 is 0. The third-order valence-electron chi connectivity index (χ3n) is 4.71. The number of benzene rings is 2. The average molecular weight is 463 g/mol. The van der Waals surface area contributed by atoms with Crippen molar-refractivity contribution in [1.29, 1.82) is 0 Å². The van der Waals surface area contributed by atoms with Crippen LogP contribution in [0.25, 0.3) is 17.1 Å². The van der Waals surface area contributed by atoms with E-state index in [0.717, 1.165) is 0 Å². The van der Waals surface area contributed by atoms with Crippen LogP contribution in [-0.4, -0.2) is 49.1 Å². The molecule has 170 valence electrons. The maximum Gasteiger partial charge on any atom is 0.294 e. The molecule has 2 aromatic heterocycles.